The minimum atomic E-state index is -1.34. The summed E-state index contributed by atoms with van der Waals surface area (Å²) in [6.07, 6.45) is 0. The second-order valence-corrected chi connectivity index (χ2v) is 2.20. The summed E-state index contributed by atoms with van der Waals surface area (Å²) in [5.41, 5.74) is 0.456. The Balaban J connectivity index is 2.60. The Morgan fingerprint density at radius 1 is 1.23 bits per heavy atom. The summed E-state index contributed by atoms with van der Waals surface area (Å²) in [4.78, 5) is 24.5. The van der Waals surface area contributed by atoms with Crippen molar-refractivity contribution in [2.24, 2.45) is 0 Å². The Morgan fingerprint density at radius 2 is 1.85 bits per heavy atom. The van der Waals surface area contributed by atoms with E-state index in [4.69, 9.17) is 5.26 Å². The molecule has 0 fully saturated rings. The van der Waals surface area contributed by atoms with Crippen molar-refractivity contribution in [2.75, 3.05) is 5.32 Å². The van der Waals surface area contributed by atoms with Gasteiger partial charge in [0.05, 0.1) is 0 Å². The fourth-order valence-corrected chi connectivity index (χ4v) is 0.745. The molecule has 1 aromatic carbocycles. The van der Waals surface area contributed by atoms with Crippen LogP contribution in [-0.4, -0.2) is 17.1 Å². The summed E-state index contributed by atoms with van der Waals surface area (Å²) in [7, 11) is 0. The molecule has 0 saturated heterocycles. The quantitative estimate of drug-likeness (QED) is 0.378. The van der Waals surface area contributed by atoms with E-state index in [-0.39, 0.29) is 0 Å². The van der Waals surface area contributed by atoms with Gasteiger partial charge in [-0.1, -0.05) is 18.2 Å². The van der Waals surface area contributed by atoms with Gasteiger partial charge in [0.1, 0.15) is 0 Å². The largest absolute Gasteiger partial charge is 0.429 e. The van der Waals surface area contributed by atoms with Crippen molar-refractivity contribution >= 4 is 17.6 Å². The van der Waals surface area contributed by atoms with Crippen LogP contribution in [-0.2, 0) is 14.5 Å². The van der Waals surface area contributed by atoms with E-state index in [1.165, 1.54) is 0 Å². The number of carbonyl (C=O) groups excluding carboxylic acids is 2. The van der Waals surface area contributed by atoms with Gasteiger partial charge in [-0.05, 0) is 12.1 Å². The van der Waals surface area contributed by atoms with Crippen molar-refractivity contribution in [2.45, 2.75) is 0 Å². The average Bonchev–Trinajstić information content (AvgIpc) is 2.18. The first-order valence-corrected chi connectivity index (χ1v) is 3.46. The van der Waals surface area contributed by atoms with E-state index in [9.17, 15) is 9.59 Å². The molecule has 1 rings (SSSR count). The maximum Gasteiger partial charge on any atom is 0.429 e. The lowest BCUT2D eigenvalue weighted by molar-refractivity contribution is -0.231. The van der Waals surface area contributed by atoms with E-state index in [2.05, 4.69) is 10.2 Å². The van der Waals surface area contributed by atoms with Crippen LogP contribution in [0.15, 0.2) is 30.3 Å². The van der Waals surface area contributed by atoms with Gasteiger partial charge in [-0.25, -0.2) is 4.79 Å². The molecule has 0 aliphatic carbocycles. The van der Waals surface area contributed by atoms with Gasteiger partial charge in [0.15, 0.2) is 0 Å². The standard InChI is InChI=1S/C8H7NO4/c10-7(8(11)13-12)9-6-4-2-1-3-5-6/h1-5,12H,(H,9,10). The molecule has 0 aromatic heterocycles. The minimum Gasteiger partial charge on any atom is -0.316 e. The minimum absolute atomic E-state index is 0.456. The number of hydrogen-bond donors (Lipinski definition) is 2. The highest BCUT2D eigenvalue weighted by Crippen LogP contribution is 2.04. The maximum atomic E-state index is 10.8. The smallest absolute Gasteiger partial charge is 0.316 e. The van der Waals surface area contributed by atoms with Crippen LogP contribution in [0.25, 0.3) is 0 Å². The number of carbonyl (C=O) groups is 2. The van der Waals surface area contributed by atoms with Crippen molar-refractivity contribution in [1.82, 2.24) is 0 Å². The fraction of sp³-hybridized carbons (Fsp3) is 0. The van der Waals surface area contributed by atoms with E-state index >= 15 is 0 Å². The Hall–Kier alpha value is -1.88. The molecule has 0 spiro atoms. The van der Waals surface area contributed by atoms with Crippen LogP contribution in [0.3, 0.4) is 0 Å². The van der Waals surface area contributed by atoms with Gasteiger partial charge in [-0.15, -0.1) is 0 Å². The van der Waals surface area contributed by atoms with Crippen LogP contribution in [0.4, 0.5) is 5.69 Å². The molecule has 1 amide bonds. The average molecular weight is 181 g/mol. The number of nitrogens with one attached hydrogen (secondary N) is 1. The predicted octanol–water partition coefficient (Wildman–Crippen LogP) is 0.641. The number of amides is 1. The third kappa shape index (κ3) is 2.57. The molecule has 68 valence electrons. The van der Waals surface area contributed by atoms with Gasteiger partial charge >= 0.3 is 11.9 Å². The first-order valence-electron chi connectivity index (χ1n) is 3.46. The second-order valence-electron chi connectivity index (χ2n) is 2.20. The Morgan fingerprint density at radius 3 is 2.38 bits per heavy atom. The molecular weight excluding hydrogens is 174 g/mol. The number of benzene rings is 1. The highest BCUT2D eigenvalue weighted by molar-refractivity contribution is 6.37. The molecule has 0 saturated carbocycles. The van der Waals surface area contributed by atoms with Gasteiger partial charge in [0.2, 0.25) is 0 Å². The topological polar surface area (TPSA) is 75.6 Å². The van der Waals surface area contributed by atoms with Crippen LogP contribution in [0.1, 0.15) is 0 Å². The molecule has 0 bridgehead atoms. The molecule has 0 atom stereocenters. The monoisotopic (exact) mass is 181 g/mol. The summed E-state index contributed by atoms with van der Waals surface area (Å²) in [5, 5.41) is 10.1. The maximum absolute atomic E-state index is 10.8. The Labute approximate surface area is 73.9 Å². The van der Waals surface area contributed by atoms with Crippen LogP contribution in [0, 0.1) is 0 Å². The van der Waals surface area contributed by atoms with E-state index in [0.29, 0.717) is 5.69 Å². The van der Waals surface area contributed by atoms with Crippen LogP contribution < -0.4 is 5.32 Å². The lowest BCUT2D eigenvalue weighted by atomic mass is 10.3. The summed E-state index contributed by atoms with van der Waals surface area (Å²) in [6, 6.07) is 8.35. The van der Waals surface area contributed by atoms with E-state index in [1.807, 2.05) is 0 Å². The zero-order valence-corrected chi connectivity index (χ0v) is 6.56. The predicted molar refractivity (Wildman–Crippen MR) is 43.8 cm³/mol. The van der Waals surface area contributed by atoms with Gasteiger partial charge in [0.25, 0.3) is 0 Å². The lowest BCUT2D eigenvalue weighted by Crippen LogP contribution is -2.23. The molecule has 1 aromatic rings. The molecule has 5 nitrogen and oxygen atoms in total. The zero-order valence-electron chi connectivity index (χ0n) is 6.56. The van der Waals surface area contributed by atoms with Crippen LogP contribution in [0.2, 0.25) is 0 Å². The number of anilines is 1. The molecule has 0 heterocycles. The van der Waals surface area contributed by atoms with E-state index in [1.54, 1.807) is 30.3 Å². The van der Waals surface area contributed by atoms with Crippen molar-refractivity contribution in [3.05, 3.63) is 30.3 Å². The molecule has 0 unspecified atom stereocenters. The first-order chi connectivity index (χ1) is 6.24. The van der Waals surface area contributed by atoms with Gasteiger partial charge in [-0.3, -0.25) is 9.68 Å². The van der Waals surface area contributed by atoms with Crippen molar-refractivity contribution < 1.29 is 19.7 Å². The zero-order chi connectivity index (χ0) is 9.68. The highest BCUT2D eigenvalue weighted by Gasteiger charge is 2.14. The molecule has 2 N–H and O–H groups in total. The number of hydrogen-bond acceptors (Lipinski definition) is 4. The van der Waals surface area contributed by atoms with Crippen molar-refractivity contribution in [3.8, 4) is 0 Å². The van der Waals surface area contributed by atoms with Crippen LogP contribution in [0.5, 0.6) is 0 Å². The third-order valence-electron chi connectivity index (χ3n) is 1.30. The van der Waals surface area contributed by atoms with Gasteiger partial charge in [-0.2, -0.15) is 5.26 Å². The second kappa shape index (κ2) is 4.22. The van der Waals surface area contributed by atoms with Gasteiger partial charge in [0, 0.05) is 5.69 Å². The molecule has 5 heteroatoms. The summed E-state index contributed by atoms with van der Waals surface area (Å²) in [6.45, 7) is 0. The molecule has 0 aliphatic rings. The summed E-state index contributed by atoms with van der Waals surface area (Å²) < 4.78 is 0. The SMILES string of the molecule is O=C(Nc1ccccc1)C(=O)OO. The molecule has 13 heavy (non-hydrogen) atoms. The molecular formula is C8H7NO4. The van der Waals surface area contributed by atoms with E-state index in [0.717, 1.165) is 0 Å². The number of para-hydroxylation sites is 1. The molecule has 0 aliphatic heterocycles. The van der Waals surface area contributed by atoms with Crippen LogP contribution >= 0.6 is 0 Å². The normalized spacial score (nSPS) is 9.00. The summed E-state index contributed by atoms with van der Waals surface area (Å²) in [5.74, 6) is -2.36. The highest BCUT2D eigenvalue weighted by atomic mass is 17.1. The lowest BCUT2D eigenvalue weighted by Gasteiger charge is -2.00. The summed E-state index contributed by atoms with van der Waals surface area (Å²) >= 11 is 0. The van der Waals surface area contributed by atoms with Gasteiger partial charge < -0.3 is 5.32 Å². The number of rotatable bonds is 1. The van der Waals surface area contributed by atoms with Crippen molar-refractivity contribution in [3.63, 3.8) is 0 Å². The van der Waals surface area contributed by atoms with E-state index < -0.39 is 11.9 Å². The first kappa shape index (κ1) is 9.21. The Kier molecular flexibility index (Phi) is 2.99. The van der Waals surface area contributed by atoms with Crippen molar-refractivity contribution in [1.29, 1.82) is 0 Å². The third-order valence-corrected chi connectivity index (χ3v) is 1.30. The fourth-order valence-electron chi connectivity index (χ4n) is 0.745. The molecule has 0 radical (unpaired) electrons. The Bertz CT molecular complexity index is 309.